The Morgan fingerprint density at radius 2 is 1.94 bits per heavy atom. The molecule has 1 rings (SSSR count). The standard InChI is InChI=1S/C10H17NO5/c1-10(2,5-12)11-8(13)6-3-4-7(16-6)9(14)15/h6-7,12H,3-5H2,1-2H3,(H,11,13)(H,14,15). The van der Waals surface area contributed by atoms with Crippen LogP contribution in [-0.2, 0) is 14.3 Å². The highest BCUT2D eigenvalue weighted by atomic mass is 16.5. The molecule has 92 valence electrons. The van der Waals surface area contributed by atoms with Gasteiger partial charge in [0.2, 0.25) is 5.91 Å². The van der Waals surface area contributed by atoms with Crippen molar-refractivity contribution < 1.29 is 24.5 Å². The Hall–Kier alpha value is -1.14. The van der Waals surface area contributed by atoms with Crippen LogP contribution in [0.1, 0.15) is 26.7 Å². The Balaban J connectivity index is 2.48. The molecule has 0 aromatic heterocycles. The molecule has 1 fully saturated rings. The molecule has 1 heterocycles. The molecule has 6 heteroatoms. The number of aliphatic hydroxyl groups excluding tert-OH is 1. The fourth-order valence-corrected chi connectivity index (χ4v) is 1.47. The van der Waals surface area contributed by atoms with Gasteiger partial charge in [0.1, 0.15) is 6.10 Å². The first-order chi connectivity index (χ1) is 7.35. The van der Waals surface area contributed by atoms with Gasteiger partial charge in [-0.05, 0) is 26.7 Å². The van der Waals surface area contributed by atoms with Crippen LogP contribution in [-0.4, -0.2) is 46.4 Å². The van der Waals surface area contributed by atoms with Crippen LogP contribution in [0.3, 0.4) is 0 Å². The van der Waals surface area contributed by atoms with Crippen molar-refractivity contribution in [3.05, 3.63) is 0 Å². The molecule has 6 nitrogen and oxygen atoms in total. The molecule has 0 aliphatic carbocycles. The maximum Gasteiger partial charge on any atom is 0.332 e. The number of carbonyl (C=O) groups excluding carboxylic acids is 1. The topological polar surface area (TPSA) is 95.9 Å². The SMILES string of the molecule is CC(C)(CO)NC(=O)C1CCC(C(=O)O)O1. The maximum absolute atomic E-state index is 11.6. The summed E-state index contributed by atoms with van der Waals surface area (Å²) < 4.78 is 5.08. The lowest BCUT2D eigenvalue weighted by molar-refractivity contribution is -0.152. The molecule has 1 saturated heterocycles. The zero-order valence-electron chi connectivity index (χ0n) is 9.40. The molecule has 0 saturated carbocycles. The lowest BCUT2D eigenvalue weighted by atomic mass is 10.1. The fourth-order valence-electron chi connectivity index (χ4n) is 1.47. The Morgan fingerprint density at radius 3 is 2.38 bits per heavy atom. The first kappa shape index (κ1) is 12.9. The Kier molecular flexibility index (Phi) is 3.88. The van der Waals surface area contributed by atoms with Gasteiger partial charge in [0.05, 0.1) is 12.1 Å². The number of ether oxygens (including phenoxy) is 1. The second-order valence-corrected chi connectivity index (χ2v) is 4.56. The predicted octanol–water partition coefficient (Wildman–Crippen LogP) is -0.494. The van der Waals surface area contributed by atoms with Crippen LogP contribution in [0.25, 0.3) is 0 Å². The van der Waals surface area contributed by atoms with Crippen molar-refractivity contribution >= 4 is 11.9 Å². The molecular weight excluding hydrogens is 214 g/mol. The summed E-state index contributed by atoms with van der Waals surface area (Å²) in [5.41, 5.74) is -0.720. The molecule has 1 aliphatic rings. The third-order valence-electron chi connectivity index (χ3n) is 2.44. The summed E-state index contributed by atoms with van der Waals surface area (Å²) in [4.78, 5) is 22.3. The van der Waals surface area contributed by atoms with E-state index in [1.807, 2.05) is 0 Å². The minimum atomic E-state index is -1.04. The number of amides is 1. The molecule has 1 amide bonds. The highest BCUT2D eigenvalue weighted by Crippen LogP contribution is 2.20. The summed E-state index contributed by atoms with van der Waals surface area (Å²) in [5, 5.41) is 20.3. The lowest BCUT2D eigenvalue weighted by Crippen LogP contribution is -2.50. The van der Waals surface area contributed by atoms with Gasteiger partial charge in [-0.2, -0.15) is 0 Å². The minimum absolute atomic E-state index is 0.187. The van der Waals surface area contributed by atoms with Gasteiger partial charge < -0.3 is 20.3 Å². The molecule has 0 radical (unpaired) electrons. The van der Waals surface area contributed by atoms with Crippen molar-refractivity contribution in [2.45, 2.75) is 44.4 Å². The van der Waals surface area contributed by atoms with Gasteiger partial charge in [0.15, 0.2) is 6.10 Å². The number of nitrogens with one attached hydrogen (secondary N) is 1. The molecular formula is C10H17NO5. The number of aliphatic hydroxyl groups is 1. The average Bonchev–Trinajstić information content (AvgIpc) is 2.66. The van der Waals surface area contributed by atoms with Crippen molar-refractivity contribution in [2.75, 3.05) is 6.61 Å². The number of carbonyl (C=O) groups is 2. The van der Waals surface area contributed by atoms with Crippen LogP contribution in [0.15, 0.2) is 0 Å². The number of carboxylic acids is 1. The van der Waals surface area contributed by atoms with E-state index in [9.17, 15) is 9.59 Å². The number of aliphatic carboxylic acids is 1. The minimum Gasteiger partial charge on any atom is -0.479 e. The summed E-state index contributed by atoms with van der Waals surface area (Å²) in [6.45, 7) is 3.16. The third kappa shape index (κ3) is 3.18. The van der Waals surface area contributed by atoms with E-state index in [0.29, 0.717) is 12.8 Å². The van der Waals surface area contributed by atoms with Gasteiger partial charge in [-0.15, -0.1) is 0 Å². The second-order valence-electron chi connectivity index (χ2n) is 4.56. The molecule has 0 spiro atoms. The van der Waals surface area contributed by atoms with Gasteiger partial charge in [-0.25, -0.2) is 4.79 Å². The van der Waals surface area contributed by atoms with E-state index < -0.39 is 23.7 Å². The van der Waals surface area contributed by atoms with E-state index in [0.717, 1.165) is 0 Å². The molecule has 2 unspecified atom stereocenters. The molecule has 3 N–H and O–H groups in total. The van der Waals surface area contributed by atoms with Gasteiger partial charge in [0.25, 0.3) is 0 Å². The van der Waals surface area contributed by atoms with Crippen molar-refractivity contribution in [3.8, 4) is 0 Å². The highest BCUT2D eigenvalue weighted by molar-refractivity contribution is 5.83. The van der Waals surface area contributed by atoms with Crippen LogP contribution in [0, 0.1) is 0 Å². The van der Waals surface area contributed by atoms with Crippen LogP contribution in [0.5, 0.6) is 0 Å². The Labute approximate surface area is 93.6 Å². The van der Waals surface area contributed by atoms with E-state index in [4.69, 9.17) is 14.9 Å². The molecule has 16 heavy (non-hydrogen) atoms. The summed E-state index contributed by atoms with van der Waals surface area (Å²) in [6.07, 6.45) is -0.892. The fraction of sp³-hybridized carbons (Fsp3) is 0.800. The van der Waals surface area contributed by atoms with Crippen LogP contribution < -0.4 is 5.32 Å². The molecule has 0 bridgehead atoms. The van der Waals surface area contributed by atoms with E-state index in [2.05, 4.69) is 5.32 Å². The number of hydrogen-bond donors (Lipinski definition) is 3. The summed E-state index contributed by atoms with van der Waals surface area (Å²) in [5.74, 6) is -1.42. The van der Waals surface area contributed by atoms with Gasteiger partial charge in [0, 0.05) is 0 Å². The van der Waals surface area contributed by atoms with E-state index >= 15 is 0 Å². The highest BCUT2D eigenvalue weighted by Gasteiger charge is 2.36. The Bertz CT molecular complexity index is 289. The predicted molar refractivity (Wildman–Crippen MR) is 54.8 cm³/mol. The van der Waals surface area contributed by atoms with E-state index in [1.54, 1.807) is 13.8 Å². The number of hydrogen-bond acceptors (Lipinski definition) is 4. The quantitative estimate of drug-likeness (QED) is 0.606. The molecule has 0 aromatic carbocycles. The molecule has 2 atom stereocenters. The van der Waals surface area contributed by atoms with Gasteiger partial charge in [-0.1, -0.05) is 0 Å². The molecule has 1 aliphatic heterocycles. The van der Waals surface area contributed by atoms with E-state index in [-0.39, 0.29) is 12.5 Å². The summed E-state index contributed by atoms with van der Waals surface area (Å²) >= 11 is 0. The lowest BCUT2D eigenvalue weighted by Gasteiger charge is -2.25. The summed E-state index contributed by atoms with van der Waals surface area (Å²) in [6, 6.07) is 0. The zero-order valence-corrected chi connectivity index (χ0v) is 9.40. The zero-order chi connectivity index (χ0) is 12.3. The summed E-state index contributed by atoms with van der Waals surface area (Å²) in [7, 11) is 0. The van der Waals surface area contributed by atoms with Gasteiger partial charge >= 0.3 is 5.97 Å². The monoisotopic (exact) mass is 231 g/mol. The number of carboxylic acid groups (broad SMARTS) is 1. The van der Waals surface area contributed by atoms with Crippen molar-refractivity contribution in [1.82, 2.24) is 5.32 Å². The van der Waals surface area contributed by atoms with Crippen molar-refractivity contribution in [3.63, 3.8) is 0 Å². The maximum atomic E-state index is 11.6. The molecule has 0 aromatic rings. The third-order valence-corrected chi connectivity index (χ3v) is 2.44. The normalized spacial score (nSPS) is 25.4. The first-order valence-electron chi connectivity index (χ1n) is 5.17. The van der Waals surface area contributed by atoms with Gasteiger partial charge in [-0.3, -0.25) is 4.79 Å². The smallest absolute Gasteiger partial charge is 0.332 e. The van der Waals surface area contributed by atoms with Crippen LogP contribution in [0.4, 0.5) is 0 Å². The van der Waals surface area contributed by atoms with E-state index in [1.165, 1.54) is 0 Å². The van der Waals surface area contributed by atoms with Crippen LogP contribution >= 0.6 is 0 Å². The van der Waals surface area contributed by atoms with Crippen molar-refractivity contribution in [2.24, 2.45) is 0 Å². The first-order valence-corrected chi connectivity index (χ1v) is 5.17. The largest absolute Gasteiger partial charge is 0.479 e. The van der Waals surface area contributed by atoms with Crippen LogP contribution in [0.2, 0.25) is 0 Å². The average molecular weight is 231 g/mol. The second kappa shape index (κ2) is 4.80. The van der Waals surface area contributed by atoms with Crippen molar-refractivity contribution in [1.29, 1.82) is 0 Å². The Morgan fingerprint density at radius 1 is 1.38 bits per heavy atom. The number of rotatable bonds is 4.